The van der Waals surface area contributed by atoms with E-state index >= 15 is 0 Å². The summed E-state index contributed by atoms with van der Waals surface area (Å²) in [5.41, 5.74) is 7.47. The van der Waals surface area contributed by atoms with Gasteiger partial charge in [0.15, 0.2) is 0 Å². The summed E-state index contributed by atoms with van der Waals surface area (Å²) in [6, 6.07) is 11.2. The predicted molar refractivity (Wildman–Crippen MR) is 96.8 cm³/mol. The number of pyridine rings is 1. The van der Waals surface area contributed by atoms with Gasteiger partial charge in [0, 0.05) is 11.6 Å². The number of anilines is 1. The Bertz CT molecular complexity index is 901. The normalized spacial score (nSPS) is 9.92. The first-order chi connectivity index (χ1) is 12.0. The molecule has 1 amide bonds. The number of benzene rings is 1. The van der Waals surface area contributed by atoms with Gasteiger partial charge in [-0.3, -0.25) is 4.79 Å². The van der Waals surface area contributed by atoms with Crippen LogP contribution < -0.4 is 11.1 Å². The molecule has 3 N–H and O–H groups in total. The highest BCUT2D eigenvalue weighted by molar-refractivity contribution is 8.00. The molecule has 0 fully saturated rings. The first-order valence-electron chi connectivity index (χ1n) is 7.21. The van der Waals surface area contributed by atoms with Gasteiger partial charge in [0.25, 0.3) is 0 Å². The number of aromatic nitrogens is 1. The number of thioether (sulfide) groups is 1. The monoisotopic (exact) mass is 371 g/mol. The maximum atomic E-state index is 12.0. The number of hydrogen-bond acceptors (Lipinski definition) is 6. The van der Waals surface area contributed by atoms with Crippen molar-refractivity contribution in [2.75, 3.05) is 11.5 Å². The third kappa shape index (κ3) is 4.42. The fourth-order valence-electron chi connectivity index (χ4n) is 2.10. The smallest absolute Gasteiger partial charge is 0.230 e. The fraction of sp³-hybridized carbons (Fsp3) is 0.176. The predicted octanol–water partition coefficient (Wildman–Crippen LogP) is 2.78. The number of carbonyl (C=O) groups is 1. The lowest BCUT2D eigenvalue weighted by Gasteiger charge is -2.10. The van der Waals surface area contributed by atoms with E-state index in [2.05, 4.69) is 10.3 Å². The zero-order valence-electron chi connectivity index (χ0n) is 13.3. The van der Waals surface area contributed by atoms with Crippen molar-refractivity contribution < 1.29 is 4.79 Å². The zero-order valence-corrected chi connectivity index (χ0v) is 14.9. The highest BCUT2D eigenvalue weighted by Gasteiger charge is 2.16. The van der Waals surface area contributed by atoms with Gasteiger partial charge in [0.1, 0.15) is 23.0 Å². The SMILES string of the molecule is Cc1c(C#N)c(N)nc(SCC(=O)NCc2ccccc2Cl)c1C#N. The molecular formula is C17H14ClN5OS. The lowest BCUT2D eigenvalue weighted by Crippen LogP contribution is -2.24. The third-order valence-electron chi connectivity index (χ3n) is 3.44. The number of nitrogens with one attached hydrogen (secondary N) is 1. The van der Waals surface area contributed by atoms with Crippen LogP contribution >= 0.6 is 23.4 Å². The van der Waals surface area contributed by atoms with Crippen LogP contribution in [-0.2, 0) is 11.3 Å². The molecule has 126 valence electrons. The minimum atomic E-state index is -0.226. The summed E-state index contributed by atoms with van der Waals surface area (Å²) < 4.78 is 0. The van der Waals surface area contributed by atoms with Crippen LogP contribution in [-0.4, -0.2) is 16.6 Å². The maximum absolute atomic E-state index is 12.0. The standard InChI is InChI=1S/C17H14ClN5OS/c1-10-12(6-19)16(21)23-17(13(10)7-20)25-9-15(24)22-8-11-4-2-3-5-14(11)18/h2-5H,8-9H2,1H3,(H2,21,23)(H,22,24). The molecule has 1 aromatic carbocycles. The van der Waals surface area contributed by atoms with E-state index in [1.54, 1.807) is 13.0 Å². The molecule has 0 saturated heterocycles. The molecule has 8 heteroatoms. The molecule has 0 aliphatic heterocycles. The van der Waals surface area contributed by atoms with Gasteiger partial charge in [-0.25, -0.2) is 4.98 Å². The Kier molecular flexibility index (Phi) is 6.24. The molecule has 0 bridgehead atoms. The van der Waals surface area contributed by atoms with Gasteiger partial charge in [-0.1, -0.05) is 41.6 Å². The molecule has 0 spiro atoms. The van der Waals surface area contributed by atoms with Crippen molar-refractivity contribution in [1.29, 1.82) is 10.5 Å². The summed E-state index contributed by atoms with van der Waals surface area (Å²) in [4.78, 5) is 16.1. The minimum Gasteiger partial charge on any atom is -0.383 e. The average molecular weight is 372 g/mol. The first kappa shape index (κ1) is 18.6. The van der Waals surface area contributed by atoms with Crippen LogP contribution in [0.5, 0.6) is 0 Å². The van der Waals surface area contributed by atoms with Crippen molar-refractivity contribution in [3.63, 3.8) is 0 Å². The Morgan fingerprint density at radius 3 is 2.64 bits per heavy atom. The maximum Gasteiger partial charge on any atom is 0.230 e. The van der Waals surface area contributed by atoms with Crippen molar-refractivity contribution in [2.45, 2.75) is 18.5 Å². The number of nitrogens with two attached hydrogens (primary N) is 1. The van der Waals surface area contributed by atoms with E-state index in [-0.39, 0.29) is 28.6 Å². The van der Waals surface area contributed by atoms with Crippen LogP contribution in [0.1, 0.15) is 22.3 Å². The first-order valence-corrected chi connectivity index (χ1v) is 8.57. The summed E-state index contributed by atoms with van der Waals surface area (Å²) in [5.74, 6) is -0.106. The summed E-state index contributed by atoms with van der Waals surface area (Å²) in [6.45, 7) is 1.95. The lowest BCUT2D eigenvalue weighted by atomic mass is 10.1. The van der Waals surface area contributed by atoms with Gasteiger partial charge in [-0.15, -0.1) is 0 Å². The summed E-state index contributed by atoms with van der Waals surface area (Å²) >= 11 is 7.14. The second-order valence-electron chi connectivity index (χ2n) is 5.06. The molecule has 0 aliphatic carbocycles. The van der Waals surface area contributed by atoms with Crippen LogP contribution in [0.4, 0.5) is 5.82 Å². The van der Waals surface area contributed by atoms with Crippen LogP contribution in [0.2, 0.25) is 5.02 Å². The van der Waals surface area contributed by atoms with E-state index in [0.717, 1.165) is 17.3 Å². The Labute approximate surface area is 154 Å². The van der Waals surface area contributed by atoms with Crippen molar-refractivity contribution in [1.82, 2.24) is 10.3 Å². The zero-order chi connectivity index (χ0) is 18.4. The van der Waals surface area contributed by atoms with Gasteiger partial charge in [-0.05, 0) is 24.1 Å². The van der Waals surface area contributed by atoms with Gasteiger partial charge in [-0.2, -0.15) is 10.5 Å². The van der Waals surface area contributed by atoms with E-state index < -0.39 is 0 Å². The molecule has 2 rings (SSSR count). The summed E-state index contributed by atoms with van der Waals surface area (Å²) in [5, 5.41) is 22.0. The molecule has 0 aliphatic rings. The molecule has 1 heterocycles. The molecule has 6 nitrogen and oxygen atoms in total. The number of nitriles is 2. The molecule has 0 atom stereocenters. The Morgan fingerprint density at radius 2 is 2.00 bits per heavy atom. The van der Waals surface area contributed by atoms with Crippen LogP contribution in [0.3, 0.4) is 0 Å². The molecular weight excluding hydrogens is 358 g/mol. The van der Waals surface area contributed by atoms with Gasteiger partial charge < -0.3 is 11.1 Å². The molecule has 1 aromatic heterocycles. The van der Waals surface area contributed by atoms with Gasteiger partial charge >= 0.3 is 0 Å². The second-order valence-corrected chi connectivity index (χ2v) is 6.43. The van der Waals surface area contributed by atoms with Gasteiger partial charge in [0.2, 0.25) is 5.91 Å². The number of amides is 1. The van der Waals surface area contributed by atoms with Crippen molar-refractivity contribution in [2.24, 2.45) is 0 Å². The Hall–Kier alpha value is -2.74. The second kappa shape index (κ2) is 8.39. The number of halogens is 1. The van der Waals surface area contributed by atoms with Crippen molar-refractivity contribution in [3.8, 4) is 12.1 Å². The van der Waals surface area contributed by atoms with Crippen LogP contribution in [0.15, 0.2) is 29.3 Å². The molecule has 0 radical (unpaired) electrons. The van der Waals surface area contributed by atoms with Gasteiger partial charge in [0.05, 0.1) is 16.9 Å². The summed E-state index contributed by atoms with van der Waals surface area (Å²) in [6.07, 6.45) is 0. The topological polar surface area (TPSA) is 116 Å². The van der Waals surface area contributed by atoms with Crippen LogP contribution in [0, 0.1) is 29.6 Å². The van der Waals surface area contributed by atoms with Crippen molar-refractivity contribution in [3.05, 3.63) is 51.5 Å². The highest BCUT2D eigenvalue weighted by atomic mass is 35.5. The number of hydrogen-bond donors (Lipinski definition) is 2. The lowest BCUT2D eigenvalue weighted by molar-refractivity contribution is -0.118. The molecule has 0 unspecified atom stereocenters. The largest absolute Gasteiger partial charge is 0.383 e. The Balaban J connectivity index is 2.04. The fourth-order valence-corrected chi connectivity index (χ4v) is 3.17. The van der Waals surface area contributed by atoms with E-state index in [1.807, 2.05) is 30.3 Å². The van der Waals surface area contributed by atoms with Crippen molar-refractivity contribution >= 4 is 35.1 Å². The number of rotatable bonds is 5. The molecule has 2 aromatic rings. The van der Waals surface area contributed by atoms with E-state index in [1.165, 1.54) is 0 Å². The molecule has 25 heavy (non-hydrogen) atoms. The average Bonchev–Trinajstić information content (AvgIpc) is 2.59. The summed E-state index contributed by atoms with van der Waals surface area (Å²) in [7, 11) is 0. The third-order valence-corrected chi connectivity index (χ3v) is 4.78. The van der Waals surface area contributed by atoms with E-state index in [0.29, 0.717) is 22.2 Å². The molecule has 0 saturated carbocycles. The highest BCUT2D eigenvalue weighted by Crippen LogP contribution is 2.27. The Morgan fingerprint density at radius 1 is 1.32 bits per heavy atom. The minimum absolute atomic E-state index is 0.0537. The van der Waals surface area contributed by atoms with E-state index in [9.17, 15) is 10.1 Å². The number of nitrogen functional groups attached to an aromatic ring is 1. The van der Waals surface area contributed by atoms with Crippen LogP contribution in [0.25, 0.3) is 0 Å². The quantitative estimate of drug-likeness (QED) is 0.780. The van der Waals surface area contributed by atoms with E-state index in [4.69, 9.17) is 22.6 Å². The number of nitrogens with zero attached hydrogens (tertiary/aromatic N) is 3. The number of carbonyl (C=O) groups excluding carboxylic acids is 1.